The van der Waals surface area contributed by atoms with Crippen molar-refractivity contribution in [2.75, 3.05) is 28.2 Å². The zero-order valence-corrected chi connectivity index (χ0v) is 20.3. The van der Waals surface area contributed by atoms with Gasteiger partial charge in [-0.25, -0.2) is 4.90 Å². The first-order chi connectivity index (χ1) is 15.9. The van der Waals surface area contributed by atoms with Crippen LogP contribution >= 0.6 is 11.3 Å². The van der Waals surface area contributed by atoms with Gasteiger partial charge < -0.3 is 10.2 Å². The van der Waals surface area contributed by atoms with E-state index in [2.05, 4.69) is 37.9 Å². The summed E-state index contributed by atoms with van der Waals surface area (Å²) in [6.45, 7) is 10.3. The molecule has 6 heteroatoms. The number of imide groups is 1. The van der Waals surface area contributed by atoms with E-state index in [1.165, 1.54) is 16.2 Å². The summed E-state index contributed by atoms with van der Waals surface area (Å²) in [6, 6.07) is 19.4. The standard InChI is InChI=1S/C27H29N3O2S/c1-5-29(6-2)21-15-11-20(12-16-21)28-25-24(23-8-7-17-33-23)26(31)30(27(25)32)22-13-9-19(10-14-22)18(3)4/h7-18,28H,5-6H2,1-4H3. The van der Waals surface area contributed by atoms with E-state index in [9.17, 15) is 9.59 Å². The van der Waals surface area contributed by atoms with Crippen molar-refractivity contribution in [3.63, 3.8) is 0 Å². The van der Waals surface area contributed by atoms with E-state index in [0.29, 0.717) is 22.9 Å². The fraction of sp³-hybridized carbons (Fsp3) is 0.259. The molecular formula is C27H29N3O2S. The zero-order chi connectivity index (χ0) is 23.5. The summed E-state index contributed by atoms with van der Waals surface area (Å²) in [7, 11) is 0. The van der Waals surface area contributed by atoms with E-state index in [4.69, 9.17) is 0 Å². The Balaban J connectivity index is 1.68. The number of hydrogen-bond donors (Lipinski definition) is 1. The van der Waals surface area contributed by atoms with E-state index in [-0.39, 0.29) is 11.8 Å². The highest BCUT2D eigenvalue weighted by Crippen LogP contribution is 2.36. The lowest BCUT2D eigenvalue weighted by atomic mass is 10.0. The second-order valence-electron chi connectivity index (χ2n) is 8.26. The molecule has 0 radical (unpaired) electrons. The van der Waals surface area contributed by atoms with E-state index >= 15 is 0 Å². The van der Waals surface area contributed by atoms with Crippen LogP contribution in [0.15, 0.2) is 71.7 Å². The van der Waals surface area contributed by atoms with Crippen LogP contribution in [0, 0.1) is 0 Å². The van der Waals surface area contributed by atoms with Crippen molar-refractivity contribution in [2.45, 2.75) is 33.6 Å². The molecule has 2 amide bonds. The van der Waals surface area contributed by atoms with Crippen molar-refractivity contribution in [1.29, 1.82) is 0 Å². The molecule has 0 saturated heterocycles. The van der Waals surface area contributed by atoms with Gasteiger partial charge in [0, 0.05) is 29.3 Å². The molecule has 2 heterocycles. The van der Waals surface area contributed by atoms with Gasteiger partial charge in [0.15, 0.2) is 0 Å². The van der Waals surface area contributed by atoms with Gasteiger partial charge in [0.25, 0.3) is 11.8 Å². The molecule has 0 fully saturated rings. The minimum absolute atomic E-state index is 0.304. The Morgan fingerprint density at radius 1 is 0.909 bits per heavy atom. The number of amides is 2. The van der Waals surface area contributed by atoms with Gasteiger partial charge in [0.05, 0.1) is 11.3 Å². The number of nitrogens with one attached hydrogen (secondary N) is 1. The number of carbonyl (C=O) groups is 2. The van der Waals surface area contributed by atoms with E-state index in [0.717, 1.165) is 34.9 Å². The Labute approximate surface area is 199 Å². The van der Waals surface area contributed by atoms with Crippen molar-refractivity contribution in [2.24, 2.45) is 0 Å². The predicted octanol–water partition coefficient (Wildman–Crippen LogP) is 6.11. The fourth-order valence-electron chi connectivity index (χ4n) is 4.03. The average Bonchev–Trinajstić information content (AvgIpc) is 3.42. The van der Waals surface area contributed by atoms with Crippen LogP contribution in [-0.2, 0) is 9.59 Å². The summed E-state index contributed by atoms with van der Waals surface area (Å²) in [6.07, 6.45) is 0. The summed E-state index contributed by atoms with van der Waals surface area (Å²) < 4.78 is 0. The Morgan fingerprint density at radius 2 is 1.58 bits per heavy atom. The Hall–Kier alpha value is -3.38. The van der Waals surface area contributed by atoms with Crippen LogP contribution in [0.5, 0.6) is 0 Å². The molecule has 4 rings (SSSR count). The van der Waals surface area contributed by atoms with Crippen LogP contribution < -0.4 is 15.1 Å². The maximum atomic E-state index is 13.5. The van der Waals surface area contributed by atoms with Gasteiger partial charge in [-0.1, -0.05) is 32.0 Å². The van der Waals surface area contributed by atoms with Gasteiger partial charge >= 0.3 is 0 Å². The smallest absolute Gasteiger partial charge is 0.282 e. The molecular weight excluding hydrogens is 430 g/mol. The molecule has 0 aliphatic carbocycles. The quantitative estimate of drug-likeness (QED) is 0.413. The highest BCUT2D eigenvalue weighted by atomic mass is 32.1. The van der Waals surface area contributed by atoms with Crippen molar-refractivity contribution in [1.82, 2.24) is 0 Å². The van der Waals surface area contributed by atoms with Gasteiger partial charge in [0.1, 0.15) is 5.70 Å². The minimum Gasteiger partial charge on any atom is -0.372 e. The Kier molecular flexibility index (Phi) is 6.65. The number of anilines is 3. The second-order valence-corrected chi connectivity index (χ2v) is 9.21. The highest BCUT2D eigenvalue weighted by Gasteiger charge is 2.40. The Bertz CT molecular complexity index is 1160. The molecule has 0 spiro atoms. The highest BCUT2D eigenvalue weighted by molar-refractivity contribution is 7.11. The summed E-state index contributed by atoms with van der Waals surface area (Å²) in [5.74, 6) is -0.268. The van der Waals surface area contributed by atoms with Crippen LogP contribution in [0.1, 0.15) is 44.1 Å². The van der Waals surface area contributed by atoms with Crippen LogP contribution in [0.25, 0.3) is 5.57 Å². The van der Waals surface area contributed by atoms with Gasteiger partial charge in [-0.15, -0.1) is 11.3 Å². The first kappa shape index (κ1) is 22.8. The molecule has 5 nitrogen and oxygen atoms in total. The lowest BCUT2D eigenvalue weighted by Crippen LogP contribution is -2.32. The summed E-state index contributed by atoms with van der Waals surface area (Å²) in [5.41, 5.74) is 4.36. The number of nitrogens with zero attached hydrogens (tertiary/aromatic N) is 2. The van der Waals surface area contributed by atoms with Crippen molar-refractivity contribution >= 4 is 45.8 Å². The first-order valence-electron chi connectivity index (χ1n) is 11.3. The normalized spacial score (nSPS) is 13.9. The molecule has 0 saturated carbocycles. The third-order valence-corrected chi connectivity index (χ3v) is 6.82. The number of carbonyl (C=O) groups excluding carboxylic acids is 2. The second kappa shape index (κ2) is 9.63. The molecule has 1 N–H and O–H groups in total. The number of rotatable bonds is 8. The molecule has 2 aromatic carbocycles. The van der Waals surface area contributed by atoms with Crippen LogP contribution in [0.4, 0.5) is 17.1 Å². The van der Waals surface area contributed by atoms with Gasteiger partial charge in [-0.2, -0.15) is 0 Å². The van der Waals surface area contributed by atoms with E-state index in [1.54, 1.807) is 0 Å². The molecule has 0 unspecified atom stereocenters. The zero-order valence-electron chi connectivity index (χ0n) is 19.5. The molecule has 1 aliphatic heterocycles. The number of benzene rings is 2. The number of hydrogen-bond acceptors (Lipinski definition) is 5. The average molecular weight is 460 g/mol. The van der Waals surface area contributed by atoms with Crippen molar-refractivity contribution in [3.8, 4) is 0 Å². The minimum atomic E-state index is -0.339. The van der Waals surface area contributed by atoms with Crippen LogP contribution in [0.2, 0.25) is 0 Å². The third-order valence-electron chi connectivity index (χ3n) is 5.93. The van der Waals surface area contributed by atoms with Crippen molar-refractivity contribution in [3.05, 3.63) is 82.2 Å². The predicted molar refractivity (Wildman–Crippen MR) is 138 cm³/mol. The largest absolute Gasteiger partial charge is 0.372 e. The van der Waals surface area contributed by atoms with E-state index < -0.39 is 0 Å². The first-order valence-corrected chi connectivity index (χ1v) is 12.2. The third kappa shape index (κ3) is 4.44. The molecule has 0 atom stereocenters. The topological polar surface area (TPSA) is 52.7 Å². The monoisotopic (exact) mass is 459 g/mol. The molecule has 33 heavy (non-hydrogen) atoms. The summed E-state index contributed by atoms with van der Waals surface area (Å²) in [4.78, 5) is 31.3. The van der Waals surface area contributed by atoms with Crippen LogP contribution in [-0.4, -0.2) is 24.9 Å². The molecule has 3 aromatic rings. The summed E-state index contributed by atoms with van der Waals surface area (Å²) in [5, 5.41) is 5.16. The van der Waals surface area contributed by atoms with Crippen LogP contribution in [0.3, 0.4) is 0 Å². The van der Waals surface area contributed by atoms with Gasteiger partial charge in [-0.3, -0.25) is 9.59 Å². The fourth-order valence-corrected chi connectivity index (χ4v) is 4.79. The number of thiophene rings is 1. The van der Waals surface area contributed by atoms with Crippen molar-refractivity contribution < 1.29 is 9.59 Å². The maximum absolute atomic E-state index is 13.5. The SMILES string of the molecule is CCN(CC)c1ccc(NC2=C(c3cccs3)C(=O)N(c3ccc(C(C)C)cc3)C2=O)cc1. The summed E-state index contributed by atoms with van der Waals surface area (Å²) >= 11 is 1.45. The lowest BCUT2D eigenvalue weighted by molar-refractivity contribution is -0.120. The molecule has 1 aliphatic rings. The Morgan fingerprint density at radius 3 is 2.12 bits per heavy atom. The van der Waals surface area contributed by atoms with Gasteiger partial charge in [0.2, 0.25) is 0 Å². The molecule has 0 bridgehead atoms. The maximum Gasteiger partial charge on any atom is 0.282 e. The van der Waals surface area contributed by atoms with Gasteiger partial charge in [-0.05, 0) is 73.2 Å². The lowest BCUT2D eigenvalue weighted by Gasteiger charge is -2.21. The van der Waals surface area contributed by atoms with E-state index in [1.807, 2.05) is 66.0 Å². The molecule has 170 valence electrons. The molecule has 1 aromatic heterocycles.